The van der Waals surface area contributed by atoms with Crippen LogP contribution < -0.4 is 0 Å². The quantitative estimate of drug-likeness (QED) is 0.424. The summed E-state index contributed by atoms with van der Waals surface area (Å²) in [6, 6.07) is 0. The van der Waals surface area contributed by atoms with E-state index >= 15 is 0 Å². The van der Waals surface area contributed by atoms with Crippen molar-refractivity contribution in [2.24, 2.45) is 35.5 Å². The highest BCUT2D eigenvalue weighted by Gasteiger charge is 2.68. The number of rotatable bonds is 3. The van der Waals surface area contributed by atoms with Crippen LogP contribution >= 0.6 is 0 Å². The van der Waals surface area contributed by atoms with E-state index in [1.807, 2.05) is 6.92 Å². The van der Waals surface area contributed by atoms with E-state index in [9.17, 15) is 15.2 Å². The molecule has 2 fully saturated rings. The van der Waals surface area contributed by atoms with E-state index in [1.54, 1.807) is 0 Å². The van der Waals surface area contributed by atoms with Crippen LogP contribution in [0.5, 0.6) is 0 Å². The van der Waals surface area contributed by atoms with Crippen LogP contribution in [0.3, 0.4) is 0 Å². The summed E-state index contributed by atoms with van der Waals surface area (Å²) >= 11 is 0. The molecule has 1 N–H and O–H groups in total. The number of hydrogen-bond acceptors (Lipinski definition) is 5. The second-order valence-corrected chi connectivity index (χ2v) is 9.85. The first-order valence-electron chi connectivity index (χ1n) is 11.4. The first-order valence-corrected chi connectivity index (χ1v) is 11.4. The molecule has 1 saturated carbocycles. The van der Waals surface area contributed by atoms with Gasteiger partial charge in [0.15, 0.2) is 0 Å². The maximum atomic E-state index is 11.4. The molecule has 10 atom stereocenters. The summed E-state index contributed by atoms with van der Waals surface area (Å²) in [5, 5.41) is 22.8. The number of hydrogen-bond donors (Lipinski definition) is 1. The smallest absolute Gasteiger partial charge is 0.209 e. The van der Waals surface area contributed by atoms with Gasteiger partial charge in [0.1, 0.15) is 11.7 Å². The predicted molar refractivity (Wildman–Crippen MR) is 114 cm³/mol. The highest BCUT2D eigenvalue weighted by molar-refractivity contribution is 5.34. The molecular formula is C24H35NO5. The van der Waals surface area contributed by atoms with Crippen molar-refractivity contribution in [1.29, 1.82) is 0 Å². The number of aliphatic hydroxyl groups excluding tert-OH is 1. The number of allylic oxidation sites excluding steroid dienone is 1. The Bertz CT molecular complexity index is 776. The normalized spacial score (nSPS) is 49.6. The fourth-order valence-electron chi connectivity index (χ4n) is 6.76. The van der Waals surface area contributed by atoms with Crippen LogP contribution in [0.25, 0.3) is 0 Å². The predicted octanol–water partition coefficient (Wildman–Crippen LogP) is 4.13. The van der Waals surface area contributed by atoms with E-state index in [-0.39, 0.29) is 59.2 Å². The average molecular weight is 418 g/mol. The summed E-state index contributed by atoms with van der Waals surface area (Å²) in [6.45, 7) is 12.3. The van der Waals surface area contributed by atoms with Gasteiger partial charge in [-0.25, -0.2) is 0 Å². The van der Waals surface area contributed by atoms with Gasteiger partial charge in [-0.1, -0.05) is 45.6 Å². The van der Waals surface area contributed by atoms with Crippen LogP contribution in [0.4, 0.5) is 0 Å². The number of nitrogens with zero attached hydrogens (tertiary/aromatic N) is 1. The molecule has 1 unspecified atom stereocenters. The molecule has 30 heavy (non-hydrogen) atoms. The monoisotopic (exact) mass is 417 g/mol. The number of nitro groups is 1. The zero-order valence-electron chi connectivity index (χ0n) is 18.5. The van der Waals surface area contributed by atoms with Gasteiger partial charge in [0.05, 0.1) is 23.9 Å². The SMILES string of the molecule is C=C1CC[C@H]2C=C[C@H]3[C@H]4O[C@]2(/C(C)=C/[C@@H](C)[C@@H](CC)O1)[C@@H]3[C@H](O)C(C)[C@H]4C[N+](=O)[O-]. The van der Waals surface area contributed by atoms with E-state index in [2.05, 4.69) is 45.6 Å². The molecule has 0 radical (unpaired) electrons. The zero-order chi connectivity index (χ0) is 21.8. The zero-order valence-corrected chi connectivity index (χ0v) is 18.5. The second kappa shape index (κ2) is 7.79. The van der Waals surface area contributed by atoms with E-state index in [0.29, 0.717) is 0 Å². The minimum atomic E-state index is -0.630. The summed E-state index contributed by atoms with van der Waals surface area (Å²) in [6.07, 6.45) is 8.27. The number of ether oxygens (including phenoxy) is 2. The minimum Gasteiger partial charge on any atom is -0.495 e. The molecule has 2 aliphatic heterocycles. The summed E-state index contributed by atoms with van der Waals surface area (Å²) in [5.74, 6) is 0.540. The summed E-state index contributed by atoms with van der Waals surface area (Å²) in [7, 11) is 0. The highest BCUT2D eigenvalue weighted by atomic mass is 16.6. The Balaban J connectivity index is 1.81. The first-order chi connectivity index (χ1) is 14.2. The molecule has 0 aromatic rings. The molecule has 1 spiro atoms. The van der Waals surface area contributed by atoms with Crippen molar-refractivity contribution in [3.05, 3.63) is 46.3 Å². The molecule has 2 heterocycles. The van der Waals surface area contributed by atoms with E-state index in [0.717, 1.165) is 30.6 Å². The van der Waals surface area contributed by atoms with Crippen molar-refractivity contribution in [1.82, 2.24) is 0 Å². The van der Waals surface area contributed by atoms with Crippen LogP contribution in [0.2, 0.25) is 0 Å². The van der Waals surface area contributed by atoms with Crippen molar-refractivity contribution in [3.63, 3.8) is 0 Å². The molecule has 4 aliphatic rings. The van der Waals surface area contributed by atoms with Gasteiger partial charge >= 0.3 is 0 Å². The van der Waals surface area contributed by atoms with Crippen molar-refractivity contribution >= 4 is 0 Å². The highest BCUT2D eigenvalue weighted by Crippen LogP contribution is 2.62. The summed E-state index contributed by atoms with van der Waals surface area (Å²) < 4.78 is 13.0. The van der Waals surface area contributed by atoms with Gasteiger partial charge < -0.3 is 14.6 Å². The van der Waals surface area contributed by atoms with Crippen molar-refractivity contribution in [2.45, 2.75) is 70.9 Å². The maximum absolute atomic E-state index is 11.4. The van der Waals surface area contributed by atoms with Gasteiger partial charge in [-0.05, 0) is 31.3 Å². The molecule has 4 rings (SSSR count). The average Bonchev–Trinajstić information content (AvgIpc) is 2.89. The fourth-order valence-corrected chi connectivity index (χ4v) is 6.76. The Morgan fingerprint density at radius 3 is 2.77 bits per heavy atom. The van der Waals surface area contributed by atoms with Gasteiger partial charge in [-0.15, -0.1) is 0 Å². The van der Waals surface area contributed by atoms with E-state index in [4.69, 9.17) is 9.47 Å². The Morgan fingerprint density at radius 1 is 1.37 bits per heavy atom. The summed E-state index contributed by atoms with van der Waals surface area (Å²) in [5.41, 5.74) is 0.511. The minimum absolute atomic E-state index is 0.0143. The lowest BCUT2D eigenvalue weighted by Gasteiger charge is -2.48. The van der Waals surface area contributed by atoms with Crippen molar-refractivity contribution in [3.8, 4) is 0 Å². The number of aliphatic hydroxyl groups is 1. The topological polar surface area (TPSA) is 81.8 Å². The van der Waals surface area contributed by atoms with Crippen LogP contribution in [0.15, 0.2) is 36.1 Å². The second-order valence-electron chi connectivity index (χ2n) is 9.85. The lowest BCUT2D eigenvalue weighted by atomic mass is 9.56. The lowest BCUT2D eigenvalue weighted by molar-refractivity contribution is -0.494. The standard InChI is InChI=1S/C24H35NO5/c1-6-20-13(2)11-14(3)24-17(8-7-15(4)29-20)9-10-18-21(24)22(26)16(5)19(12-25(27)28)23(18)30-24/h9-11,13,16-23,26H,4,6-8,12H2,1-3,5H3/b14-11+/t13-,16?,17+,18-,19-,20-,21+,22-,23-,24+/m1/s1. The van der Waals surface area contributed by atoms with Gasteiger partial charge in [-0.3, -0.25) is 10.1 Å². The Hall–Kier alpha value is -1.66. The Morgan fingerprint density at radius 2 is 2.10 bits per heavy atom. The van der Waals surface area contributed by atoms with Crippen molar-refractivity contribution in [2.75, 3.05) is 6.54 Å². The first kappa shape index (κ1) is 21.6. The van der Waals surface area contributed by atoms with Crippen molar-refractivity contribution < 1.29 is 19.5 Å². The van der Waals surface area contributed by atoms with Crippen LogP contribution in [-0.2, 0) is 9.47 Å². The Labute approximate surface area is 179 Å². The van der Waals surface area contributed by atoms with Gasteiger partial charge in [0.2, 0.25) is 6.54 Å². The summed E-state index contributed by atoms with van der Waals surface area (Å²) in [4.78, 5) is 11.1. The van der Waals surface area contributed by atoms with Gasteiger partial charge in [0, 0.05) is 35.0 Å². The third kappa shape index (κ3) is 3.14. The third-order valence-corrected chi connectivity index (χ3v) is 8.27. The maximum Gasteiger partial charge on any atom is 0.209 e. The third-order valence-electron chi connectivity index (χ3n) is 8.27. The largest absolute Gasteiger partial charge is 0.495 e. The molecule has 6 heteroatoms. The molecule has 2 aliphatic carbocycles. The van der Waals surface area contributed by atoms with Crippen LogP contribution in [-0.4, -0.2) is 40.5 Å². The molecule has 1 saturated heterocycles. The van der Waals surface area contributed by atoms with E-state index < -0.39 is 11.7 Å². The van der Waals surface area contributed by atoms with E-state index in [1.165, 1.54) is 0 Å². The van der Waals surface area contributed by atoms with Crippen LogP contribution in [0.1, 0.15) is 47.0 Å². The molecule has 6 nitrogen and oxygen atoms in total. The van der Waals surface area contributed by atoms with Gasteiger partial charge in [-0.2, -0.15) is 0 Å². The molecule has 0 aromatic heterocycles. The molecule has 0 amide bonds. The van der Waals surface area contributed by atoms with Crippen LogP contribution in [0, 0.1) is 45.6 Å². The molecule has 0 aromatic carbocycles. The van der Waals surface area contributed by atoms with Gasteiger partial charge in [0.25, 0.3) is 0 Å². The molecule has 4 bridgehead atoms. The molecule has 166 valence electrons. The molecular weight excluding hydrogens is 382 g/mol. The lowest BCUT2D eigenvalue weighted by Crippen LogP contribution is -2.55. The Kier molecular flexibility index (Phi) is 5.60. The fraction of sp³-hybridized carbons (Fsp3) is 0.750.